The summed E-state index contributed by atoms with van der Waals surface area (Å²) in [5.41, 5.74) is 5.17. The number of methoxy groups -OCH3 is 2. The lowest BCUT2D eigenvalue weighted by Gasteiger charge is -2.03. The molecule has 3 N–H and O–H groups in total. The lowest BCUT2D eigenvalue weighted by molar-refractivity contribution is -0.385. The molecule has 0 aliphatic heterocycles. The number of esters is 2. The third-order valence-corrected chi connectivity index (χ3v) is 5.57. The summed E-state index contributed by atoms with van der Waals surface area (Å²) in [6.07, 6.45) is 7.18. The van der Waals surface area contributed by atoms with Crippen LogP contribution in [-0.2, 0) is 32.2 Å². The largest absolute Gasteiger partial charge is 0.469 e. The van der Waals surface area contributed by atoms with Crippen molar-refractivity contribution in [2.24, 2.45) is 0 Å². The van der Waals surface area contributed by atoms with Crippen LogP contribution < -0.4 is 11.1 Å². The van der Waals surface area contributed by atoms with E-state index in [-0.39, 0.29) is 51.3 Å². The minimum atomic E-state index is -0.682. The van der Waals surface area contributed by atoms with Crippen LogP contribution in [0, 0.1) is 20.2 Å². The molecule has 0 spiro atoms. The maximum absolute atomic E-state index is 11.1. The van der Waals surface area contributed by atoms with Gasteiger partial charge in [0, 0.05) is 12.4 Å². The van der Waals surface area contributed by atoms with E-state index >= 15 is 0 Å². The number of hydrogen-bond donors (Lipinski definition) is 2. The van der Waals surface area contributed by atoms with Crippen LogP contribution in [0.25, 0.3) is 0 Å². The fraction of sp³-hybridized carbons (Fsp3) is 0.273. The molecule has 0 bridgehead atoms. The molecule has 4 aromatic heterocycles. The van der Waals surface area contributed by atoms with Crippen LogP contribution in [0.5, 0.6) is 0 Å². The Morgan fingerprint density at radius 2 is 1.47 bits per heavy atom. The Labute approximate surface area is 267 Å². The van der Waals surface area contributed by atoms with E-state index in [1.165, 1.54) is 25.1 Å². The van der Waals surface area contributed by atoms with E-state index in [9.17, 15) is 29.8 Å². The number of aryl methyl sites for hydroxylation is 2. The molecule has 23 heteroatoms. The number of carbonyl (C=O) groups is 2. The van der Waals surface area contributed by atoms with Gasteiger partial charge in [-0.3, -0.25) is 39.2 Å². The molecule has 0 atom stereocenters. The average molecular weight is 690 g/mol. The van der Waals surface area contributed by atoms with Gasteiger partial charge >= 0.3 is 23.3 Å². The predicted octanol–water partition coefficient (Wildman–Crippen LogP) is 3.26. The summed E-state index contributed by atoms with van der Waals surface area (Å²) in [6.45, 7) is 0.824. The minimum Gasteiger partial charge on any atom is -0.469 e. The van der Waals surface area contributed by atoms with Crippen molar-refractivity contribution in [2.75, 3.05) is 25.3 Å². The van der Waals surface area contributed by atoms with Crippen LogP contribution in [-0.4, -0.2) is 75.5 Å². The summed E-state index contributed by atoms with van der Waals surface area (Å²) in [5, 5.41) is 31.2. The van der Waals surface area contributed by atoms with Gasteiger partial charge in [-0.25, -0.2) is 9.97 Å². The normalized spacial score (nSPS) is 9.98. The van der Waals surface area contributed by atoms with Gasteiger partial charge in [0.15, 0.2) is 0 Å². The van der Waals surface area contributed by atoms with Crippen LogP contribution in [0.2, 0.25) is 15.7 Å². The zero-order valence-electron chi connectivity index (χ0n) is 23.2. The molecule has 4 heterocycles. The number of nitrogens with one attached hydrogen (secondary N) is 1. The van der Waals surface area contributed by atoms with Crippen molar-refractivity contribution >= 4 is 75.4 Å². The van der Waals surface area contributed by atoms with Crippen LogP contribution >= 0.6 is 34.8 Å². The quantitative estimate of drug-likeness (QED) is 0.0795. The van der Waals surface area contributed by atoms with Gasteiger partial charge in [0.25, 0.3) is 0 Å². The monoisotopic (exact) mass is 688 g/mol. The van der Waals surface area contributed by atoms with Crippen molar-refractivity contribution in [3.05, 3.63) is 73.0 Å². The molecule has 0 aliphatic carbocycles. The Balaban J connectivity index is 0.000000259. The minimum absolute atomic E-state index is 0.0440. The molecule has 0 unspecified atom stereocenters. The van der Waals surface area contributed by atoms with Gasteiger partial charge in [-0.2, -0.15) is 20.2 Å². The first-order valence-corrected chi connectivity index (χ1v) is 13.2. The second-order valence-electron chi connectivity index (χ2n) is 7.98. The van der Waals surface area contributed by atoms with Gasteiger partial charge in [-0.1, -0.05) is 11.6 Å². The van der Waals surface area contributed by atoms with Gasteiger partial charge in [0.2, 0.25) is 21.5 Å². The molecule has 0 saturated carbocycles. The van der Waals surface area contributed by atoms with E-state index in [0.717, 1.165) is 12.4 Å². The molecule has 4 aromatic rings. The first-order valence-electron chi connectivity index (χ1n) is 12.0. The van der Waals surface area contributed by atoms with Crippen LogP contribution in [0.3, 0.4) is 0 Å². The van der Waals surface area contributed by atoms with E-state index in [2.05, 4.69) is 44.9 Å². The summed E-state index contributed by atoms with van der Waals surface area (Å²) in [7, 11) is 2.66. The number of carbonyl (C=O) groups excluding carboxylic acids is 2. The zero-order valence-corrected chi connectivity index (χ0v) is 25.5. The summed E-state index contributed by atoms with van der Waals surface area (Å²) in [4.78, 5) is 55.6. The standard InChI is InChI=1S/C11H11ClN6O4.C7H11N3O2.C4HCl2N3O2/c1-22-9(19)2-3-17-6-7(4-14-17)15-10-8(18(20)21)5-13-11(12)16-10;1-12-7(11)3-5-10-4-2-6(8)9-10;5-3-2(9(10)11)1-7-4(6)8-3/h4-6H,2-3H2,1H3,(H,13,15,16);2,4H,3,5H2,1H3,(H2,8,9);1H. The molecular weight excluding hydrogens is 667 g/mol. The predicted molar refractivity (Wildman–Crippen MR) is 158 cm³/mol. The highest BCUT2D eigenvalue weighted by Crippen LogP contribution is 2.25. The highest BCUT2D eigenvalue weighted by molar-refractivity contribution is 6.33. The molecule has 0 aromatic carbocycles. The van der Waals surface area contributed by atoms with Gasteiger partial charge in [-0.15, -0.1) is 0 Å². The Hall–Kier alpha value is -5.21. The van der Waals surface area contributed by atoms with Gasteiger partial charge in [0.05, 0.1) is 61.9 Å². The van der Waals surface area contributed by atoms with Crippen molar-refractivity contribution in [3.63, 3.8) is 0 Å². The fourth-order valence-corrected chi connectivity index (χ4v) is 3.35. The van der Waals surface area contributed by atoms with Crippen LogP contribution in [0.4, 0.5) is 28.7 Å². The zero-order chi connectivity index (χ0) is 33.5. The number of ether oxygens (including phenoxy) is 2. The molecule has 45 heavy (non-hydrogen) atoms. The topological polar surface area (TPSA) is 264 Å². The summed E-state index contributed by atoms with van der Waals surface area (Å²) in [6, 6.07) is 1.68. The molecule has 0 fully saturated rings. The lowest BCUT2D eigenvalue weighted by Crippen LogP contribution is -2.07. The third kappa shape index (κ3) is 12.5. The van der Waals surface area contributed by atoms with Crippen molar-refractivity contribution in [1.29, 1.82) is 0 Å². The highest BCUT2D eigenvalue weighted by atomic mass is 35.5. The Bertz CT molecular complexity index is 1630. The number of nitrogen functional groups attached to an aromatic ring is 1. The van der Waals surface area contributed by atoms with Crippen molar-refractivity contribution in [1.82, 2.24) is 39.5 Å². The number of nitrogens with zero attached hydrogens (tertiary/aromatic N) is 10. The third-order valence-electron chi connectivity index (χ3n) is 4.93. The van der Waals surface area contributed by atoms with E-state index < -0.39 is 9.85 Å². The van der Waals surface area contributed by atoms with Gasteiger partial charge in [0.1, 0.15) is 18.2 Å². The number of hydrogen-bond acceptors (Lipinski definition) is 16. The highest BCUT2D eigenvalue weighted by Gasteiger charge is 2.18. The number of halogens is 3. The summed E-state index contributed by atoms with van der Waals surface area (Å²) < 4.78 is 12.1. The number of anilines is 3. The first-order chi connectivity index (χ1) is 21.3. The Morgan fingerprint density at radius 3 is 1.98 bits per heavy atom. The lowest BCUT2D eigenvalue weighted by atomic mass is 10.4. The SMILES string of the molecule is COC(=O)CCn1cc(Nc2nc(Cl)ncc2[N+](=O)[O-])cn1.COC(=O)CCn1ccc(N)n1.O=[N+]([O-])c1cnc(Cl)nc1Cl. The van der Waals surface area contributed by atoms with Crippen molar-refractivity contribution < 1.29 is 28.9 Å². The van der Waals surface area contributed by atoms with Crippen molar-refractivity contribution in [3.8, 4) is 0 Å². The molecule has 240 valence electrons. The smallest absolute Gasteiger partial charge is 0.329 e. The van der Waals surface area contributed by atoms with E-state index in [1.807, 2.05) is 0 Å². The molecular formula is C22H23Cl3N12O8. The Morgan fingerprint density at radius 1 is 0.911 bits per heavy atom. The molecule has 0 amide bonds. The van der Waals surface area contributed by atoms with Crippen molar-refractivity contribution in [2.45, 2.75) is 25.9 Å². The second-order valence-corrected chi connectivity index (χ2v) is 9.01. The first kappa shape index (κ1) is 36.0. The second kappa shape index (κ2) is 17.8. The van der Waals surface area contributed by atoms with Crippen LogP contribution in [0.15, 0.2) is 37.1 Å². The summed E-state index contributed by atoms with van der Waals surface area (Å²) in [5.74, 6) is -0.190. The maximum Gasteiger partial charge on any atom is 0.329 e. The van der Waals surface area contributed by atoms with Gasteiger partial charge in [-0.05, 0) is 29.3 Å². The van der Waals surface area contributed by atoms with Gasteiger partial charge < -0.3 is 20.5 Å². The molecule has 0 radical (unpaired) electrons. The summed E-state index contributed by atoms with van der Waals surface area (Å²) >= 11 is 16.3. The van der Waals surface area contributed by atoms with Crippen LogP contribution in [0.1, 0.15) is 12.8 Å². The number of aromatic nitrogens is 8. The average Bonchev–Trinajstić information content (AvgIpc) is 3.63. The number of nitrogens with two attached hydrogens (primary N) is 1. The molecule has 4 rings (SSSR count). The van der Waals surface area contributed by atoms with E-state index in [4.69, 9.17) is 40.5 Å². The maximum atomic E-state index is 11.1. The number of rotatable bonds is 10. The number of nitro groups is 2. The van der Waals surface area contributed by atoms with E-state index in [1.54, 1.807) is 23.1 Å². The van der Waals surface area contributed by atoms with E-state index in [0.29, 0.717) is 31.0 Å². The fourth-order valence-electron chi connectivity index (χ4n) is 2.84. The Kier molecular flexibility index (Phi) is 14.2. The molecule has 20 nitrogen and oxygen atoms in total. The molecule has 0 aliphatic rings. The molecule has 0 saturated heterocycles.